The van der Waals surface area contributed by atoms with E-state index in [1.807, 2.05) is 0 Å². The second kappa shape index (κ2) is 14.4. The van der Waals surface area contributed by atoms with Crippen molar-refractivity contribution in [3.8, 4) is 0 Å². The summed E-state index contributed by atoms with van der Waals surface area (Å²) in [6.07, 6.45) is 18.5. The minimum Gasteiger partial charge on any atom is -0.248 e. The maximum atomic E-state index is 4.88. The zero-order valence-electron chi connectivity index (χ0n) is 25.0. The number of hydrogen-bond donors (Lipinski definition) is 0. The summed E-state index contributed by atoms with van der Waals surface area (Å²) in [5.41, 5.74) is 7.48. The van der Waals surface area contributed by atoms with Crippen LogP contribution in [0.2, 0.25) is 0 Å². The molecule has 6 aromatic rings. The first-order valence-corrected chi connectivity index (χ1v) is 16.4. The lowest BCUT2D eigenvalue weighted by molar-refractivity contribution is 0.541. The maximum Gasteiger partial charge on any atom is 0.0712 e. The molecule has 0 aliphatic rings. The van der Waals surface area contributed by atoms with E-state index in [9.17, 15) is 0 Å². The molecule has 0 unspecified atom stereocenters. The molecule has 0 spiro atoms. The van der Waals surface area contributed by atoms with Gasteiger partial charge < -0.3 is 0 Å². The maximum absolute atomic E-state index is 4.88. The minimum atomic E-state index is 1.13. The molecule has 2 heteroatoms. The van der Waals surface area contributed by atoms with Gasteiger partial charge in [0.25, 0.3) is 0 Å². The molecule has 4 aromatic carbocycles. The Bertz CT molecular complexity index is 1510. The van der Waals surface area contributed by atoms with E-state index >= 15 is 0 Å². The molecule has 0 bridgehead atoms. The second-order valence-electron chi connectivity index (χ2n) is 12.0. The molecule has 6 rings (SSSR count). The van der Waals surface area contributed by atoms with Gasteiger partial charge in [-0.05, 0) is 61.1 Å². The molecule has 2 nitrogen and oxygen atoms in total. The van der Waals surface area contributed by atoms with Crippen LogP contribution in [0.15, 0.2) is 97.1 Å². The van der Waals surface area contributed by atoms with Gasteiger partial charge in [0.1, 0.15) is 0 Å². The molecule has 0 saturated heterocycles. The van der Waals surface area contributed by atoms with Crippen molar-refractivity contribution in [1.29, 1.82) is 0 Å². The van der Waals surface area contributed by atoms with Gasteiger partial charge in [0.15, 0.2) is 0 Å². The quantitative estimate of drug-likeness (QED) is 0.0935. The van der Waals surface area contributed by atoms with Crippen LogP contribution in [-0.4, -0.2) is 9.97 Å². The van der Waals surface area contributed by atoms with Crippen LogP contribution in [0.4, 0.5) is 0 Å². The summed E-state index contributed by atoms with van der Waals surface area (Å²) in [4.78, 5) is 9.76. The number of benzene rings is 4. The van der Waals surface area contributed by atoms with Crippen LogP contribution < -0.4 is 0 Å². The number of pyridine rings is 2. The Balaban J connectivity index is 0.846. The van der Waals surface area contributed by atoms with Gasteiger partial charge in [-0.2, -0.15) is 0 Å². The predicted molar refractivity (Wildman–Crippen MR) is 181 cm³/mol. The van der Waals surface area contributed by atoms with E-state index in [0.717, 1.165) is 34.9 Å². The highest BCUT2D eigenvalue weighted by atomic mass is 14.7. The molecule has 214 valence electrons. The monoisotopic (exact) mass is 552 g/mol. The first-order chi connectivity index (χ1) is 20.9. The summed E-state index contributed by atoms with van der Waals surface area (Å²) in [5, 5.41) is 5.32. The summed E-state index contributed by atoms with van der Waals surface area (Å²) >= 11 is 0. The highest BCUT2D eigenvalue weighted by Gasteiger charge is 2.09. The summed E-state index contributed by atoms with van der Waals surface area (Å²) in [5.74, 6) is 0. The molecule has 42 heavy (non-hydrogen) atoms. The number of para-hydroxylation sites is 4. The minimum absolute atomic E-state index is 1.13. The SMILES string of the molecule is c1ccc2c(CCCCCCCCCCCCCCc3c4ccccc4nc4ccccc34)c3ccccc3nc2c1. The van der Waals surface area contributed by atoms with E-state index < -0.39 is 0 Å². The molecule has 0 aliphatic carbocycles. The Kier molecular flexibility index (Phi) is 9.72. The van der Waals surface area contributed by atoms with Gasteiger partial charge in [0.05, 0.1) is 22.1 Å². The van der Waals surface area contributed by atoms with Crippen molar-refractivity contribution >= 4 is 43.6 Å². The van der Waals surface area contributed by atoms with Crippen molar-refractivity contribution in [2.24, 2.45) is 0 Å². The van der Waals surface area contributed by atoms with Crippen LogP contribution in [0.5, 0.6) is 0 Å². The van der Waals surface area contributed by atoms with Crippen molar-refractivity contribution in [1.82, 2.24) is 9.97 Å². The van der Waals surface area contributed by atoms with E-state index in [4.69, 9.17) is 9.97 Å². The van der Waals surface area contributed by atoms with Crippen molar-refractivity contribution in [2.45, 2.75) is 89.9 Å². The molecule has 0 aliphatic heterocycles. The Morgan fingerprint density at radius 2 is 0.524 bits per heavy atom. The summed E-state index contributed by atoms with van der Waals surface area (Å²) in [6, 6.07) is 34.6. The average Bonchev–Trinajstić information content (AvgIpc) is 3.04. The fourth-order valence-corrected chi connectivity index (χ4v) is 6.76. The molecule has 0 amide bonds. The predicted octanol–water partition coefficient (Wildman–Crippen LogP) is 11.6. The Hall–Kier alpha value is -3.78. The van der Waals surface area contributed by atoms with E-state index in [1.54, 1.807) is 0 Å². The smallest absolute Gasteiger partial charge is 0.0712 e. The molecule has 2 heterocycles. The highest BCUT2D eigenvalue weighted by Crippen LogP contribution is 2.29. The summed E-state index contributed by atoms with van der Waals surface area (Å²) in [6.45, 7) is 0. The van der Waals surface area contributed by atoms with Crippen molar-refractivity contribution in [2.75, 3.05) is 0 Å². The Morgan fingerprint density at radius 3 is 0.810 bits per heavy atom. The fourth-order valence-electron chi connectivity index (χ4n) is 6.76. The van der Waals surface area contributed by atoms with Gasteiger partial charge in [0, 0.05) is 21.5 Å². The molecule has 0 N–H and O–H groups in total. The molecule has 0 atom stereocenters. The molecule has 0 saturated carbocycles. The molecular weight excluding hydrogens is 508 g/mol. The van der Waals surface area contributed by atoms with Gasteiger partial charge in [-0.3, -0.25) is 0 Å². The Labute approximate surface area is 251 Å². The zero-order chi connectivity index (χ0) is 28.4. The van der Waals surface area contributed by atoms with Gasteiger partial charge in [0.2, 0.25) is 0 Å². The standard InChI is InChI=1S/C40H44N2/c1(3-5-7-9-11-21-31-33-23-13-17-27-37(33)41-38-28-18-14-24-34(31)38)2-4-6-8-10-12-22-32-35-25-15-19-29-39(35)42-40-30-20-16-26-36(32)40/h13-20,23-30H,1-12,21-22H2. The number of nitrogens with zero attached hydrogens (tertiary/aromatic N) is 2. The topological polar surface area (TPSA) is 25.8 Å². The lowest BCUT2D eigenvalue weighted by Gasteiger charge is -2.11. The van der Waals surface area contributed by atoms with Crippen molar-refractivity contribution in [3.63, 3.8) is 0 Å². The molecule has 0 fully saturated rings. The molecule has 0 radical (unpaired) electrons. The van der Waals surface area contributed by atoms with Crippen molar-refractivity contribution in [3.05, 3.63) is 108 Å². The summed E-state index contributed by atoms with van der Waals surface area (Å²) < 4.78 is 0. The lowest BCUT2D eigenvalue weighted by atomic mass is 9.96. The third kappa shape index (κ3) is 6.81. The van der Waals surface area contributed by atoms with Crippen LogP contribution in [0.25, 0.3) is 43.6 Å². The van der Waals surface area contributed by atoms with Crippen molar-refractivity contribution < 1.29 is 0 Å². The molecule has 2 aromatic heterocycles. The number of aromatic nitrogens is 2. The number of aryl methyl sites for hydroxylation is 2. The second-order valence-corrected chi connectivity index (χ2v) is 12.0. The van der Waals surface area contributed by atoms with Gasteiger partial charge >= 0.3 is 0 Å². The van der Waals surface area contributed by atoms with E-state index in [2.05, 4.69) is 97.1 Å². The third-order valence-electron chi connectivity index (χ3n) is 9.00. The third-order valence-corrected chi connectivity index (χ3v) is 9.00. The van der Waals surface area contributed by atoms with E-state index in [1.165, 1.54) is 110 Å². The fraction of sp³-hybridized carbons (Fsp3) is 0.350. The van der Waals surface area contributed by atoms with Gasteiger partial charge in [-0.1, -0.05) is 137 Å². The van der Waals surface area contributed by atoms with Crippen LogP contribution in [0, 0.1) is 0 Å². The lowest BCUT2D eigenvalue weighted by Crippen LogP contribution is -1.94. The van der Waals surface area contributed by atoms with Gasteiger partial charge in [-0.15, -0.1) is 0 Å². The van der Waals surface area contributed by atoms with Crippen LogP contribution >= 0.6 is 0 Å². The van der Waals surface area contributed by atoms with E-state index in [0.29, 0.717) is 0 Å². The first-order valence-electron chi connectivity index (χ1n) is 16.4. The van der Waals surface area contributed by atoms with Crippen LogP contribution in [-0.2, 0) is 12.8 Å². The number of rotatable bonds is 15. The largest absolute Gasteiger partial charge is 0.248 e. The highest BCUT2D eigenvalue weighted by molar-refractivity contribution is 5.98. The molecular formula is C40H44N2. The normalized spacial score (nSPS) is 11.7. The van der Waals surface area contributed by atoms with Crippen LogP contribution in [0.1, 0.15) is 88.2 Å². The number of unbranched alkanes of at least 4 members (excludes halogenated alkanes) is 11. The number of hydrogen-bond acceptors (Lipinski definition) is 2. The first kappa shape index (κ1) is 28.3. The average molecular weight is 553 g/mol. The summed E-state index contributed by atoms with van der Waals surface area (Å²) in [7, 11) is 0. The van der Waals surface area contributed by atoms with Gasteiger partial charge in [-0.25, -0.2) is 9.97 Å². The number of fused-ring (bicyclic) bond motifs is 4. The van der Waals surface area contributed by atoms with Crippen LogP contribution in [0.3, 0.4) is 0 Å². The van der Waals surface area contributed by atoms with E-state index in [-0.39, 0.29) is 0 Å². The Morgan fingerprint density at radius 1 is 0.286 bits per heavy atom. The zero-order valence-corrected chi connectivity index (χ0v) is 25.0.